The summed E-state index contributed by atoms with van der Waals surface area (Å²) in [6, 6.07) is 9.61. The van der Waals surface area contributed by atoms with Crippen LogP contribution in [0.3, 0.4) is 0 Å². The lowest BCUT2D eigenvalue weighted by Gasteiger charge is -2.16. The average Bonchev–Trinajstić information content (AvgIpc) is 3.14. The molecule has 29 heavy (non-hydrogen) atoms. The standard InChI is InChI=1S/C21H25N3O4S/c1-25-15-5-6-17-16(11-15)13(12-23-17)7-8-22-21(29)24-14-9-18(26-2)20(28-4)19(10-14)27-3/h5-6,9-12,23H,7-8H2,1-4H3,(H2,22,24,29). The van der Waals surface area contributed by atoms with Crippen LogP contribution in [0, 0.1) is 0 Å². The summed E-state index contributed by atoms with van der Waals surface area (Å²) in [5.74, 6) is 2.50. The highest BCUT2D eigenvalue weighted by atomic mass is 32.1. The van der Waals surface area contributed by atoms with E-state index in [4.69, 9.17) is 31.2 Å². The zero-order chi connectivity index (χ0) is 20.8. The highest BCUT2D eigenvalue weighted by Gasteiger charge is 2.13. The Balaban J connectivity index is 1.62. The van der Waals surface area contributed by atoms with Crippen molar-refractivity contribution in [3.8, 4) is 23.0 Å². The molecule has 1 aromatic heterocycles. The monoisotopic (exact) mass is 415 g/mol. The first-order valence-corrected chi connectivity index (χ1v) is 9.49. The Morgan fingerprint density at radius 1 is 0.966 bits per heavy atom. The summed E-state index contributed by atoms with van der Waals surface area (Å²) in [7, 11) is 6.39. The summed E-state index contributed by atoms with van der Waals surface area (Å²) in [4.78, 5) is 3.28. The van der Waals surface area contributed by atoms with E-state index in [2.05, 4.69) is 15.6 Å². The molecule has 154 valence electrons. The van der Waals surface area contributed by atoms with Crippen LogP contribution >= 0.6 is 12.2 Å². The van der Waals surface area contributed by atoms with E-state index in [-0.39, 0.29) is 0 Å². The number of nitrogens with one attached hydrogen (secondary N) is 3. The van der Waals surface area contributed by atoms with Crippen molar-refractivity contribution in [1.29, 1.82) is 0 Å². The molecule has 0 saturated carbocycles. The van der Waals surface area contributed by atoms with Gasteiger partial charge in [0.25, 0.3) is 0 Å². The van der Waals surface area contributed by atoms with Gasteiger partial charge in [-0.1, -0.05) is 0 Å². The van der Waals surface area contributed by atoms with Crippen LogP contribution in [0.5, 0.6) is 23.0 Å². The van der Waals surface area contributed by atoms with E-state index in [1.54, 1.807) is 40.6 Å². The number of aromatic amines is 1. The molecule has 3 rings (SSSR count). The van der Waals surface area contributed by atoms with Gasteiger partial charge >= 0.3 is 0 Å². The lowest BCUT2D eigenvalue weighted by Crippen LogP contribution is -2.30. The van der Waals surface area contributed by atoms with Gasteiger partial charge in [-0.25, -0.2) is 0 Å². The number of fused-ring (bicyclic) bond motifs is 1. The van der Waals surface area contributed by atoms with Crippen molar-refractivity contribution >= 4 is 33.9 Å². The van der Waals surface area contributed by atoms with Gasteiger partial charge in [0, 0.05) is 41.5 Å². The zero-order valence-electron chi connectivity index (χ0n) is 16.9. The quantitative estimate of drug-likeness (QED) is 0.484. The number of hydrogen-bond acceptors (Lipinski definition) is 5. The number of methoxy groups -OCH3 is 4. The maximum absolute atomic E-state index is 5.42. The first kappa shape index (κ1) is 20.6. The largest absolute Gasteiger partial charge is 0.497 e. The zero-order valence-corrected chi connectivity index (χ0v) is 17.7. The molecule has 0 saturated heterocycles. The fourth-order valence-corrected chi connectivity index (χ4v) is 3.35. The number of ether oxygens (including phenoxy) is 4. The van der Waals surface area contributed by atoms with Crippen molar-refractivity contribution in [3.63, 3.8) is 0 Å². The molecule has 3 aromatic rings. The van der Waals surface area contributed by atoms with E-state index in [9.17, 15) is 0 Å². The fraction of sp³-hybridized carbons (Fsp3) is 0.286. The van der Waals surface area contributed by atoms with E-state index in [1.807, 2.05) is 24.4 Å². The Morgan fingerprint density at radius 2 is 1.69 bits per heavy atom. The molecule has 3 N–H and O–H groups in total. The van der Waals surface area contributed by atoms with E-state index in [0.29, 0.717) is 28.9 Å². The summed E-state index contributed by atoms with van der Waals surface area (Å²) in [6.45, 7) is 0.681. The van der Waals surface area contributed by atoms with Crippen LogP contribution in [0.4, 0.5) is 5.69 Å². The number of anilines is 1. The summed E-state index contributed by atoms with van der Waals surface area (Å²) in [5.41, 5.74) is 3.02. The van der Waals surface area contributed by atoms with Crippen LogP contribution in [0.25, 0.3) is 10.9 Å². The highest BCUT2D eigenvalue weighted by Crippen LogP contribution is 2.39. The number of rotatable bonds is 8. The van der Waals surface area contributed by atoms with Crippen molar-refractivity contribution < 1.29 is 18.9 Å². The molecular weight excluding hydrogens is 390 g/mol. The topological polar surface area (TPSA) is 76.8 Å². The van der Waals surface area contributed by atoms with Crippen LogP contribution in [0.2, 0.25) is 0 Å². The van der Waals surface area contributed by atoms with Gasteiger partial charge in [0.2, 0.25) is 5.75 Å². The molecule has 7 nitrogen and oxygen atoms in total. The lowest BCUT2D eigenvalue weighted by atomic mass is 10.1. The third kappa shape index (κ3) is 4.65. The van der Waals surface area contributed by atoms with Crippen molar-refractivity contribution in [3.05, 3.63) is 42.1 Å². The molecule has 0 bridgehead atoms. The Kier molecular flexibility index (Phi) is 6.66. The van der Waals surface area contributed by atoms with Gasteiger partial charge in [-0.2, -0.15) is 0 Å². The molecule has 0 aliphatic rings. The van der Waals surface area contributed by atoms with Crippen molar-refractivity contribution in [2.75, 3.05) is 40.3 Å². The molecule has 0 radical (unpaired) electrons. The molecule has 0 aliphatic heterocycles. The maximum Gasteiger partial charge on any atom is 0.203 e. The number of benzene rings is 2. The first-order chi connectivity index (χ1) is 14.1. The Morgan fingerprint density at radius 3 is 2.31 bits per heavy atom. The second kappa shape index (κ2) is 9.38. The smallest absolute Gasteiger partial charge is 0.203 e. The summed E-state index contributed by atoms with van der Waals surface area (Å²) in [6.07, 6.45) is 2.83. The maximum atomic E-state index is 5.42. The van der Waals surface area contributed by atoms with Gasteiger partial charge in [0.05, 0.1) is 28.4 Å². The minimum absolute atomic E-state index is 0.511. The number of hydrogen-bond donors (Lipinski definition) is 3. The molecule has 0 spiro atoms. The Bertz CT molecular complexity index is 978. The molecule has 0 atom stereocenters. The highest BCUT2D eigenvalue weighted by molar-refractivity contribution is 7.80. The summed E-state index contributed by atoms with van der Waals surface area (Å²) in [5, 5.41) is 8.04. The molecule has 0 fully saturated rings. The molecule has 1 heterocycles. The Hall–Kier alpha value is -3.13. The van der Waals surface area contributed by atoms with Crippen molar-refractivity contribution in [1.82, 2.24) is 10.3 Å². The van der Waals surface area contributed by atoms with Crippen molar-refractivity contribution in [2.45, 2.75) is 6.42 Å². The predicted octanol–water partition coefficient (Wildman–Crippen LogP) is 3.73. The van der Waals surface area contributed by atoms with Crippen LogP contribution in [0.15, 0.2) is 36.5 Å². The third-order valence-corrected chi connectivity index (χ3v) is 4.82. The molecule has 2 aromatic carbocycles. The number of thiocarbonyl (C=S) groups is 1. The average molecular weight is 416 g/mol. The minimum Gasteiger partial charge on any atom is -0.497 e. The van der Waals surface area contributed by atoms with E-state index in [1.165, 1.54) is 5.56 Å². The summed E-state index contributed by atoms with van der Waals surface area (Å²) < 4.78 is 21.4. The Labute approximate surface area is 175 Å². The van der Waals surface area contributed by atoms with Crippen LogP contribution in [0.1, 0.15) is 5.56 Å². The molecular formula is C21H25N3O4S. The van der Waals surface area contributed by atoms with Gasteiger partial charge in [-0.15, -0.1) is 0 Å². The SMILES string of the molecule is COc1ccc2[nH]cc(CCNC(=S)Nc3cc(OC)c(OC)c(OC)c3)c2c1. The third-order valence-electron chi connectivity index (χ3n) is 4.58. The first-order valence-electron chi connectivity index (χ1n) is 9.08. The molecule has 0 amide bonds. The van der Waals surface area contributed by atoms with Gasteiger partial charge in [0.1, 0.15) is 5.75 Å². The van der Waals surface area contributed by atoms with E-state index in [0.717, 1.165) is 28.8 Å². The fourth-order valence-electron chi connectivity index (χ4n) is 3.13. The molecule has 0 aliphatic carbocycles. The minimum atomic E-state index is 0.511. The predicted molar refractivity (Wildman–Crippen MR) is 119 cm³/mol. The lowest BCUT2D eigenvalue weighted by molar-refractivity contribution is 0.324. The number of aromatic nitrogens is 1. The van der Waals surface area contributed by atoms with E-state index >= 15 is 0 Å². The van der Waals surface area contributed by atoms with Crippen LogP contribution in [-0.2, 0) is 6.42 Å². The van der Waals surface area contributed by atoms with E-state index < -0.39 is 0 Å². The van der Waals surface area contributed by atoms with Gasteiger partial charge in [-0.3, -0.25) is 0 Å². The molecule has 8 heteroatoms. The van der Waals surface area contributed by atoms with Crippen molar-refractivity contribution in [2.24, 2.45) is 0 Å². The number of H-pyrrole nitrogens is 1. The summed E-state index contributed by atoms with van der Waals surface area (Å²) >= 11 is 5.42. The van der Waals surface area contributed by atoms with Gasteiger partial charge in [0.15, 0.2) is 16.6 Å². The van der Waals surface area contributed by atoms with Crippen LogP contribution in [-0.4, -0.2) is 45.1 Å². The van der Waals surface area contributed by atoms with Gasteiger partial charge < -0.3 is 34.6 Å². The van der Waals surface area contributed by atoms with Crippen LogP contribution < -0.4 is 29.6 Å². The second-order valence-corrected chi connectivity index (χ2v) is 6.68. The normalized spacial score (nSPS) is 10.5. The van der Waals surface area contributed by atoms with Gasteiger partial charge in [-0.05, 0) is 42.4 Å². The molecule has 0 unspecified atom stereocenters. The second-order valence-electron chi connectivity index (χ2n) is 6.27.